The molecule has 7 nitrogen and oxygen atoms in total. The van der Waals surface area contributed by atoms with E-state index in [1.165, 1.54) is 0 Å². The molecule has 102 valence electrons. The first-order valence-electron chi connectivity index (χ1n) is 5.85. The number of carbonyl (C=O) groups is 1. The highest BCUT2D eigenvalue weighted by Crippen LogP contribution is 2.19. The van der Waals surface area contributed by atoms with Gasteiger partial charge in [-0.15, -0.1) is 5.10 Å². The van der Waals surface area contributed by atoms with Crippen molar-refractivity contribution in [3.8, 4) is 0 Å². The van der Waals surface area contributed by atoms with Crippen LogP contribution in [-0.2, 0) is 4.74 Å². The first kappa shape index (κ1) is 12.6. The lowest BCUT2D eigenvalue weighted by Crippen LogP contribution is -2.18. The van der Waals surface area contributed by atoms with Gasteiger partial charge in [-0.2, -0.15) is 4.52 Å². The van der Waals surface area contributed by atoms with Gasteiger partial charge in [0.25, 0.3) is 5.82 Å². The predicted molar refractivity (Wildman–Crippen MR) is 72.1 cm³/mol. The Morgan fingerprint density at radius 1 is 1.50 bits per heavy atom. The number of carbonyl (C=O) groups excluding carboxylic acids is 1. The number of H-pyrrole nitrogens is 1. The van der Waals surface area contributed by atoms with Gasteiger partial charge in [0.05, 0.1) is 12.1 Å². The van der Waals surface area contributed by atoms with Gasteiger partial charge in [-0.3, -0.25) is 0 Å². The van der Waals surface area contributed by atoms with Crippen molar-refractivity contribution >= 4 is 34.1 Å². The molecule has 2 heterocycles. The average molecular weight is 293 g/mol. The third kappa shape index (κ3) is 1.92. The van der Waals surface area contributed by atoms with Crippen molar-refractivity contribution in [3.63, 3.8) is 0 Å². The van der Waals surface area contributed by atoms with E-state index in [4.69, 9.17) is 16.3 Å². The van der Waals surface area contributed by atoms with E-state index < -0.39 is 11.7 Å². The summed E-state index contributed by atoms with van der Waals surface area (Å²) < 4.78 is 5.84. The molecule has 0 amide bonds. The quantitative estimate of drug-likeness (QED) is 0.721. The fraction of sp³-hybridized carbons (Fsp3) is 0.167. The minimum Gasteiger partial charge on any atom is -0.460 e. The maximum absolute atomic E-state index is 11.9. The van der Waals surface area contributed by atoms with Crippen molar-refractivity contribution in [2.24, 2.45) is 0 Å². The summed E-state index contributed by atoms with van der Waals surface area (Å²) >= 11 is 5.94. The summed E-state index contributed by atoms with van der Waals surface area (Å²) in [6, 6.07) is 4.96. The molecule has 0 aliphatic rings. The van der Waals surface area contributed by atoms with Crippen LogP contribution in [0.3, 0.4) is 0 Å². The molecule has 0 saturated carbocycles. The number of fused-ring (bicyclic) bond motifs is 3. The second-order valence-corrected chi connectivity index (χ2v) is 4.45. The third-order valence-electron chi connectivity index (χ3n) is 2.72. The first-order chi connectivity index (χ1) is 9.60. The van der Waals surface area contributed by atoms with E-state index in [9.17, 15) is 9.59 Å². The zero-order valence-electron chi connectivity index (χ0n) is 10.4. The number of aromatic nitrogens is 4. The normalized spacial score (nSPS) is 11.1. The van der Waals surface area contributed by atoms with Crippen molar-refractivity contribution in [3.05, 3.63) is 39.5 Å². The minimum absolute atomic E-state index is 0.162. The molecule has 8 heteroatoms. The van der Waals surface area contributed by atoms with E-state index in [1.54, 1.807) is 25.1 Å². The Labute approximate surface area is 117 Å². The van der Waals surface area contributed by atoms with Gasteiger partial charge in [0, 0.05) is 10.4 Å². The molecule has 3 rings (SSSR count). The van der Waals surface area contributed by atoms with E-state index in [-0.39, 0.29) is 18.1 Å². The largest absolute Gasteiger partial charge is 0.460 e. The van der Waals surface area contributed by atoms with Crippen molar-refractivity contribution in [1.29, 1.82) is 0 Å². The van der Waals surface area contributed by atoms with Crippen LogP contribution in [-0.4, -0.2) is 32.2 Å². The number of hydrogen-bond acceptors (Lipinski definition) is 5. The van der Waals surface area contributed by atoms with Gasteiger partial charge in [-0.25, -0.2) is 14.6 Å². The minimum atomic E-state index is -0.675. The maximum atomic E-state index is 11.9. The molecule has 0 spiro atoms. The molecule has 0 aliphatic heterocycles. The number of ether oxygens (including phenoxy) is 1. The molecule has 0 saturated heterocycles. The molecule has 0 radical (unpaired) electrons. The second kappa shape index (κ2) is 4.61. The van der Waals surface area contributed by atoms with Crippen LogP contribution in [0.1, 0.15) is 17.5 Å². The Hall–Kier alpha value is -2.41. The Morgan fingerprint density at radius 2 is 2.30 bits per heavy atom. The Morgan fingerprint density at radius 3 is 3.05 bits per heavy atom. The van der Waals surface area contributed by atoms with Crippen LogP contribution in [0, 0.1) is 0 Å². The van der Waals surface area contributed by atoms with Gasteiger partial charge in [0.15, 0.2) is 5.65 Å². The summed E-state index contributed by atoms with van der Waals surface area (Å²) in [5, 5.41) is 4.94. The van der Waals surface area contributed by atoms with Gasteiger partial charge in [-0.1, -0.05) is 11.6 Å². The molecule has 20 heavy (non-hydrogen) atoms. The van der Waals surface area contributed by atoms with Gasteiger partial charge in [0.1, 0.15) is 0 Å². The number of halogens is 1. The number of hydrogen-bond donors (Lipinski definition) is 1. The van der Waals surface area contributed by atoms with Crippen molar-refractivity contribution in [2.45, 2.75) is 6.92 Å². The summed E-state index contributed by atoms with van der Waals surface area (Å²) in [5.74, 6) is -0.837. The highest BCUT2D eigenvalue weighted by atomic mass is 35.5. The molecular formula is C12H9ClN4O3. The summed E-state index contributed by atoms with van der Waals surface area (Å²) in [6.45, 7) is 1.88. The molecule has 1 N–H and O–H groups in total. The van der Waals surface area contributed by atoms with Crippen LogP contribution < -0.4 is 5.69 Å². The van der Waals surface area contributed by atoms with Gasteiger partial charge >= 0.3 is 11.7 Å². The molecule has 1 aromatic carbocycles. The predicted octanol–water partition coefficient (Wildman–Crippen LogP) is 1.40. The van der Waals surface area contributed by atoms with Crippen molar-refractivity contribution in [2.75, 3.05) is 6.61 Å². The highest BCUT2D eigenvalue weighted by molar-refractivity contribution is 6.31. The Bertz CT molecular complexity index is 883. The summed E-state index contributed by atoms with van der Waals surface area (Å²) in [6.07, 6.45) is 0. The van der Waals surface area contributed by atoms with Gasteiger partial charge in [0.2, 0.25) is 0 Å². The molecule has 0 bridgehead atoms. The molecule has 3 aromatic rings. The van der Waals surface area contributed by atoms with Crippen LogP contribution in [0.5, 0.6) is 0 Å². The summed E-state index contributed by atoms with van der Waals surface area (Å²) in [7, 11) is 0. The first-order valence-corrected chi connectivity index (χ1v) is 6.23. The second-order valence-electron chi connectivity index (χ2n) is 4.01. The van der Waals surface area contributed by atoms with E-state index in [0.717, 1.165) is 4.52 Å². The highest BCUT2D eigenvalue weighted by Gasteiger charge is 2.17. The zero-order chi connectivity index (χ0) is 14.3. The van der Waals surface area contributed by atoms with Gasteiger partial charge < -0.3 is 9.72 Å². The van der Waals surface area contributed by atoms with Crippen molar-refractivity contribution < 1.29 is 9.53 Å². The molecular weight excluding hydrogens is 284 g/mol. The topological polar surface area (TPSA) is 89.3 Å². The monoisotopic (exact) mass is 292 g/mol. The molecule has 0 atom stereocenters. The number of aromatic amines is 1. The lowest BCUT2D eigenvalue weighted by Gasteiger charge is -1.99. The van der Waals surface area contributed by atoms with E-state index in [1.807, 2.05) is 0 Å². The van der Waals surface area contributed by atoms with Crippen LogP contribution in [0.4, 0.5) is 0 Å². The van der Waals surface area contributed by atoms with Crippen molar-refractivity contribution in [1.82, 2.24) is 19.6 Å². The molecule has 2 aromatic heterocycles. The van der Waals surface area contributed by atoms with E-state index in [2.05, 4.69) is 15.1 Å². The average Bonchev–Trinajstić information content (AvgIpc) is 2.86. The fourth-order valence-corrected chi connectivity index (χ4v) is 2.06. The fourth-order valence-electron chi connectivity index (χ4n) is 1.89. The SMILES string of the molecule is CCOC(=O)c1nc2c3cc(Cl)ccc3[nH]c(=O)n2n1. The third-order valence-corrected chi connectivity index (χ3v) is 2.96. The summed E-state index contributed by atoms with van der Waals surface area (Å²) in [4.78, 5) is 30.2. The Balaban J connectivity index is 2.34. The maximum Gasteiger partial charge on any atom is 0.378 e. The van der Waals surface area contributed by atoms with Crippen LogP contribution in [0.15, 0.2) is 23.0 Å². The van der Waals surface area contributed by atoms with Crippen LogP contribution in [0.2, 0.25) is 5.02 Å². The Kier molecular flexibility index (Phi) is 2.90. The zero-order valence-corrected chi connectivity index (χ0v) is 11.1. The number of nitrogens with zero attached hydrogens (tertiary/aromatic N) is 3. The smallest absolute Gasteiger partial charge is 0.378 e. The van der Waals surface area contributed by atoms with E-state index in [0.29, 0.717) is 15.9 Å². The number of rotatable bonds is 2. The molecule has 0 unspecified atom stereocenters. The summed E-state index contributed by atoms with van der Waals surface area (Å²) in [5.41, 5.74) is 0.335. The molecule has 0 fully saturated rings. The standard InChI is InChI=1S/C12H9ClN4O3/c1-2-20-11(18)9-15-10-7-5-6(13)3-4-8(7)14-12(19)17(10)16-9/h3-5H,2H2,1H3,(H,14,19). The lowest BCUT2D eigenvalue weighted by molar-refractivity contribution is 0.0512. The van der Waals surface area contributed by atoms with Gasteiger partial charge in [-0.05, 0) is 25.1 Å². The van der Waals surface area contributed by atoms with Crippen LogP contribution >= 0.6 is 11.6 Å². The van der Waals surface area contributed by atoms with E-state index >= 15 is 0 Å². The number of benzene rings is 1. The van der Waals surface area contributed by atoms with Crippen LogP contribution in [0.25, 0.3) is 16.6 Å². The molecule has 0 aliphatic carbocycles. The lowest BCUT2D eigenvalue weighted by atomic mass is 10.2. The number of nitrogens with one attached hydrogen (secondary N) is 1. The number of esters is 1.